The molecular formula is C19H26N2O3. The normalized spacial score (nSPS) is 25.2. The van der Waals surface area contributed by atoms with Gasteiger partial charge in [-0.3, -0.25) is 9.69 Å². The van der Waals surface area contributed by atoms with Crippen LogP contribution in [0.1, 0.15) is 31.7 Å². The Morgan fingerprint density at radius 1 is 1.38 bits per heavy atom. The van der Waals surface area contributed by atoms with Crippen LogP contribution < -0.4 is 0 Å². The number of piperidine rings is 1. The van der Waals surface area contributed by atoms with Gasteiger partial charge in [0.05, 0.1) is 11.5 Å². The van der Waals surface area contributed by atoms with Gasteiger partial charge in [0.25, 0.3) is 0 Å². The van der Waals surface area contributed by atoms with E-state index in [4.69, 9.17) is 0 Å². The molecule has 0 aliphatic carbocycles. The summed E-state index contributed by atoms with van der Waals surface area (Å²) < 4.78 is 2.09. The molecule has 1 aromatic heterocycles. The number of likely N-dealkylation sites (tertiary alicyclic amines) is 1. The van der Waals surface area contributed by atoms with Gasteiger partial charge < -0.3 is 14.8 Å². The average molecular weight is 330 g/mol. The van der Waals surface area contributed by atoms with Crippen molar-refractivity contribution in [2.45, 2.75) is 38.8 Å². The molecule has 5 nitrogen and oxygen atoms in total. The van der Waals surface area contributed by atoms with E-state index in [1.165, 1.54) is 16.5 Å². The Hall–Kier alpha value is -1.85. The standard InChI is InChI=1S/C19H26N2O3/c1-3-7-19(18(23)24)8-10-21(13-17(19)22)12-14-4-5-16-15(11-14)6-9-20(16)2/h4-6,9,11,17,22H,3,7-8,10,12-13H2,1-2H3,(H,23,24)/t17-,19-/m0/s1. The van der Waals surface area contributed by atoms with Crippen molar-refractivity contribution >= 4 is 16.9 Å². The number of benzene rings is 1. The SMILES string of the molecule is CCC[C@]1(C(=O)O)CCN(Cc2ccc3c(ccn3C)c2)C[C@@H]1O. The van der Waals surface area contributed by atoms with Crippen LogP contribution in [0, 0.1) is 5.41 Å². The first-order valence-electron chi connectivity index (χ1n) is 8.64. The molecule has 2 heterocycles. The van der Waals surface area contributed by atoms with E-state index in [-0.39, 0.29) is 0 Å². The van der Waals surface area contributed by atoms with Crippen molar-refractivity contribution in [3.63, 3.8) is 0 Å². The number of carbonyl (C=O) groups is 1. The lowest BCUT2D eigenvalue weighted by Crippen LogP contribution is -2.54. The zero-order valence-corrected chi connectivity index (χ0v) is 14.4. The second-order valence-electron chi connectivity index (χ2n) is 7.03. The number of fused-ring (bicyclic) bond motifs is 1. The Labute approximate surface area is 142 Å². The van der Waals surface area contributed by atoms with Gasteiger partial charge in [-0.1, -0.05) is 19.4 Å². The van der Waals surface area contributed by atoms with Crippen molar-refractivity contribution in [1.82, 2.24) is 9.47 Å². The molecule has 2 N–H and O–H groups in total. The first-order valence-corrected chi connectivity index (χ1v) is 8.64. The Balaban J connectivity index is 1.72. The summed E-state index contributed by atoms with van der Waals surface area (Å²) in [5.41, 5.74) is 1.42. The molecule has 0 unspecified atom stereocenters. The van der Waals surface area contributed by atoms with Crippen LogP contribution in [0.25, 0.3) is 10.9 Å². The number of aliphatic hydroxyl groups excluding tert-OH is 1. The highest BCUT2D eigenvalue weighted by Gasteiger charge is 2.47. The van der Waals surface area contributed by atoms with E-state index in [1.807, 2.05) is 20.2 Å². The molecule has 1 aliphatic heterocycles. The van der Waals surface area contributed by atoms with Crippen molar-refractivity contribution in [2.75, 3.05) is 13.1 Å². The molecule has 130 valence electrons. The number of nitrogens with zero attached hydrogens (tertiary/aromatic N) is 2. The molecular weight excluding hydrogens is 304 g/mol. The summed E-state index contributed by atoms with van der Waals surface area (Å²) in [6.07, 6.45) is 3.04. The smallest absolute Gasteiger partial charge is 0.312 e. The van der Waals surface area contributed by atoms with E-state index < -0.39 is 17.5 Å². The minimum Gasteiger partial charge on any atom is -0.481 e. The van der Waals surface area contributed by atoms with Gasteiger partial charge in [0.15, 0.2) is 0 Å². The summed E-state index contributed by atoms with van der Waals surface area (Å²) in [6.45, 7) is 3.83. The van der Waals surface area contributed by atoms with Gasteiger partial charge in [-0.25, -0.2) is 0 Å². The Kier molecular flexibility index (Phi) is 4.65. The maximum absolute atomic E-state index is 11.7. The minimum absolute atomic E-state index is 0.416. The van der Waals surface area contributed by atoms with Crippen LogP contribution in [0.15, 0.2) is 30.5 Å². The van der Waals surface area contributed by atoms with E-state index in [2.05, 4.69) is 33.7 Å². The fourth-order valence-electron chi connectivity index (χ4n) is 3.96. The van der Waals surface area contributed by atoms with E-state index in [0.717, 1.165) is 13.0 Å². The van der Waals surface area contributed by atoms with Crippen LogP contribution in [0.3, 0.4) is 0 Å². The fraction of sp³-hybridized carbons (Fsp3) is 0.526. The molecule has 0 spiro atoms. The first kappa shape index (κ1) is 17.0. The molecule has 3 rings (SSSR count). The van der Waals surface area contributed by atoms with Crippen molar-refractivity contribution in [2.24, 2.45) is 12.5 Å². The van der Waals surface area contributed by atoms with Crippen LogP contribution >= 0.6 is 0 Å². The summed E-state index contributed by atoms with van der Waals surface area (Å²) in [6, 6.07) is 8.50. The highest BCUT2D eigenvalue weighted by molar-refractivity contribution is 5.80. The Morgan fingerprint density at radius 2 is 2.17 bits per heavy atom. The fourth-order valence-corrected chi connectivity index (χ4v) is 3.96. The molecule has 1 saturated heterocycles. The lowest BCUT2D eigenvalue weighted by molar-refractivity contribution is -0.164. The van der Waals surface area contributed by atoms with Crippen LogP contribution in [0.4, 0.5) is 0 Å². The molecule has 5 heteroatoms. The number of hydrogen-bond acceptors (Lipinski definition) is 3. The predicted molar refractivity (Wildman–Crippen MR) is 93.8 cm³/mol. The molecule has 1 aliphatic rings. The molecule has 2 atom stereocenters. The highest BCUT2D eigenvalue weighted by atomic mass is 16.4. The largest absolute Gasteiger partial charge is 0.481 e. The number of aliphatic carboxylic acids is 1. The van der Waals surface area contributed by atoms with E-state index in [9.17, 15) is 15.0 Å². The molecule has 0 amide bonds. The topological polar surface area (TPSA) is 65.7 Å². The van der Waals surface area contributed by atoms with Crippen molar-refractivity contribution in [1.29, 1.82) is 0 Å². The average Bonchev–Trinajstić information content (AvgIpc) is 2.91. The highest BCUT2D eigenvalue weighted by Crippen LogP contribution is 2.37. The number of aryl methyl sites for hydroxylation is 1. The molecule has 24 heavy (non-hydrogen) atoms. The lowest BCUT2D eigenvalue weighted by atomic mass is 9.73. The molecule has 2 aromatic rings. The number of β-amino-alcohol motifs (C(OH)–C–C–N with tert-alkyl or cyclic N) is 1. The Morgan fingerprint density at radius 3 is 2.83 bits per heavy atom. The van der Waals surface area contributed by atoms with Gasteiger partial charge in [-0.05, 0) is 48.5 Å². The van der Waals surface area contributed by atoms with Crippen molar-refractivity contribution in [3.05, 3.63) is 36.0 Å². The summed E-state index contributed by atoms with van der Waals surface area (Å²) in [7, 11) is 2.03. The maximum Gasteiger partial charge on any atom is 0.312 e. The number of rotatable bonds is 5. The van der Waals surface area contributed by atoms with Crippen molar-refractivity contribution in [3.8, 4) is 0 Å². The molecule has 0 saturated carbocycles. The number of hydrogen-bond donors (Lipinski definition) is 2. The maximum atomic E-state index is 11.7. The molecule has 0 radical (unpaired) electrons. The van der Waals surface area contributed by atoms with Gasteiger partial charge in [-0.15, -0.1) is 0 Å². The first-order chi connectivity index (χ1) is 11.5. The summed E-state index contributed by atoms with van der Waals surface area (Å²) in [5.74, 6) is -0.859. The monoisotopic (exact) mass is 330 g/mol. The van der Waals surface area contributed by atoms with E-state index >= 15 is 0 Å². The lowest BCUT2D eigenvalue weighted by Gasteiger charge is -2.42. The zero-order chi connectivity index (χ0) is 17.3. The second-order valence-corrected chi connectivity index (χ2v) is 7.03. The van der Waals surface area contributed by atoms with Crippen LogP contribution in [0.2, 0.25) is 0 Å². The van der Waals surface area contributed by atoms with Gasteiger partial charge in [0.2, 0.25) is 0 Å². The third kappa shape index (κ3) is 2.94. The number of aromatic nitrogens is 1. The summed E-state index contributed by atoms with van der Waals surface area (Å²) >= 11 is 0. The molecule has 1 fully saturated rings. The van der Waals surface area contributed by atoms with Crippen molar-refractivity contribution < 1.29 is 15.0 Å². The van der Waals surface area contributed by atoms with E-state index in [0.29, 0.717) is 25.9 Å². The zero-order valence-electron chi connectivity index (χ0n) is 14.4. The summed E-state index contributed by atoms with van der Waals surface area (Å²) in [5, 5.41) is 21.3. The third-order valence-electron chi connectivity index (χ3n) is 5.42. The predicted octanol–water partition coefficient (Wildman–Crippen LogP) is 2.62. The van der Waals surface area contributed by atoms with Crippen LogP contribution in [0.5, 0.6) is 0 Å². The van der Waals surface area contributed by atoms with Crippen LogP contribution in [-0.2, 0) is 18.4 Å². The van der Waals surface area contributed by atoms with Gasteiger partial charge in [-0.2, -0.15) is 0 Å². The number of aliphatic hydroxyl groups is 1. The quantitative estimate of drug-likeness (QED) is 0.884. The minimum atomic E-state index is -0.978. The van der Waals surface area contributed by atoms with E-state index in [1.54, 1.807) is 0 Å². The van der Waals surface area contributed by atoms with Gasteiger partial charge >= 0.3 is 5.97 Å². The van der Waals surface area contributed by atoms with Gasteiger partial charge in [0, 0.05) is 31.9 Å². The number of carboxylic acid groups (broad SMARTS) is 1. The van der Waals surface area contributed by atoms with Gasteiger partial charge in [0.1, 0.15) is 0 Å². The second kappa shape index (κ2) is 6.57. The summed E-state index contributed by atoms with van der Waals surface area (Å²) in [4.78, 5) is 13.9. The number of carboxylic acids is 1. The molecule has 1 aromatic carbocycles. The third-order valence-corrected chi connectivity index (χ3v) is 5.42. The Bertz CT molecular complexity index is 739. The molecule has 0 bridgehead atoms. The van der Waals surface area contributed by atoms with Crippen LogP contribution in [-0.4, -0.2) is 44.8 Å².